The minimum absolute atomic E-state index is 0.394. The molecule has 0 fully saturated rings. The molecule has 0 amide bonds. The molecule has 100 valence electrons. The van der Waals surface area contributed by atoms with Crippen molar-refractivity contribution in [3.8, 4) is 0 Å². The summed E-state index contributed by atoms with van der Waals surface area (Å²) in [5.41, 5.74) is 3.42. The third-order valence-electron chi connectivity index (χ3n) is 3.97. The summed E-state index contributed by atoms with van der Waals surface area (Å²) in [7, 11) is 2.06. The van der Waals surface area contributed by atoms with E-state index >= 15 is 0 Å². The van der Waals surface area contributed by atoms with Gasteiger partial charge in [-0.15, -0.1) is 0 Å². The molecule has 1 N–H and O–H groups in total. The molecule has 2 nitrogen and oxygen atoms in total. The summed E-state index contributed by atoms with van der Waals surface area (Å²) in [6.07, 6.45) is 2.56. The lowest BCUT2D eigenvalue weighted by Crippen LogP contribution is -2.39. The third kappa shape index (κ3) is 3.12. The molecule has 0 saturated heterocycles. The first-order valence-corrected chi connectivity index (χ1v) is 7.10. The fourth-order valence-electron chi connectivity index (χ4n) is 3.31. The Bertz CT molecular complexity index is 355. The Morgan fingerprint density at radius 1 is 1.22 bits per heavy atom. The van der Waals surface area contributed by atoms with Crippen molar-refractivity contribution < 1.29 is 0 Å². The molecule has 0 aliphatic carbocycles. The van der Waals surface area contributed by atoms with Crippen molar-refractivity contribution in [1.29, 1.82) is 0 Å². The first-order chi connectivity index (χ1) is 8.67. The van der Waals surface area contributed by atoms with Gasteiger partial charge in [0.2, 0.25) is 0 Å². The van der Waals surface area contributed by atoms with Gasteiger partial charge in [-0.1, -0.05) is 44.5 Å². The van der Waals surface area contributed by atoms with Gasteiger partial charge in [0, 0.05) is 26.2 Å². The van der Waals surface area contributed by atoms with Crippen LogP contribution in [0.4, 0.5) is 0 Å². The Morgan fingerprint density at radius 3 is 2.33 bits per heavy atom. The van der Waals surface area contributed by atoms with Gasteiger partial charge in [0.05, 0.1) is 0 Å². The van der Waals surface area contributed by atoms with E-state index in [-0.39, 0.29) is 0 Å². The molecule has 1 atom stereocenters. The Labute approximate surface area is 111 Å². The number of benzene rings is 1. The first kappa shape index (κ1) is 13.6. The Morgan fingerprint density at radius 2 is 1.83 bits per heavy atom. The topological polar surface area (TPSA) is 15.3 Å². The molecule has 2 rings (SSSR count). The number of hydrogen-bond acceptors (Lipinski definition) is 2. The highest BCUT2D eigenvalue weighted by atomic mass is 15.1. The molecule has 0 saturated carbocycles. The average molecular weight is 246 g/mol. The van der Waals surface area contributed by atoms with Crippen LogP contribution in [0.2, 0.25) is 0 Å². The van der Waals surface area contributed by atoms with Crippen LogP contribution in [0.25, 0.3) is 0 Å². The van der Waals surface area contributed by atoms with Crippen LogP contribution < -0.4 is 5.32 Å². The Balaban J connectivity index is 1.98. The van der Waals surface area contributed by atoms with E-state index in [2.05, 4.69) is 55.4 Å². The predicted molar refractivity (Wildman–Crippen MR) is 77.5 cm³/mol. The fraction of sp³-hybridized carbons (Fsp3) is 0.625. The second kappa shape index (κ2) is 5.85. The summed E-state index contributed by atoms with van der Waals surface area (Å²) in [6.45, 7) is 9.24. The van der Waals surface area contributed by atoms with Gasteiger partial charge in [-0.3, -0.25) is 4.90 Å². The molecule has 0 bridgehead atoms. The van der Waals surface area contributed by atoms with Crippen molar-refractivity contribution in [3.05, 3.63) is 35.4 Å². The van der Waals surface area contributed by atoms with Gasteiger partial charge in [0.15, 0.2) is 0 Å². The smallest absolute Gasteiger partial charge is 0.0240 e. The predicted octanol–water partition coefficient (Wildman–Crippen LogP) is 3.03. The molecule has 1 aliphatic heterocycles. The van der Waals surface area contributed by atoms with E-state index < -0.39 is 0 Å². The molecule has 2 heteroatoms. The molecule has 1 aliphatic rings. The number of nitrogens with one attached hydrogen (secondary N) is 1. The summed E-state index contributed by atoms with van der Waals surface area (Å²) in [4.78, 5) is 2.59. The molecule has 18 heavy (non-hydrogen) atoms. The van der Waals surface area contributed by atoms with Crippen LogP contribution in [0.1, 0.15) is 37.8 Å². The van der Waals surface area contributed by atoms with E-state index in [1.807, 2.05) is 0 Å². The molecule has 0 aromatic heterocycles. The van der Waals surface area contributed by atoms with Gasteiger partial charge in [0.1, 0.15) is 0 Å². The minimum atomic E-state index is 0.394. The number of hydrogen-bond donors (Lipinski definition) is 1. The summed E-state index contributed by atoms with van der Waals surface area (Å²) in [5, 5.41) is 3.36. The lowest BCUT2D eigenvalue weighted by atomic mass is 9.85. The van der Waals surface area contributed by atoms with Gasteiger partial charge < -0.3 is 5.32 Å². The zero-order chi connectivity index (χ0) is 13.0. The fourth-order valence-corrected chi connectivity index (χ4v) is 3.31. The van der Waals surface area contributed by atoms with Crippen molar-refractivity contribution in [1.82, 2.24) is 10.2 Å². The summed E-state index contributed by atoms with van der Waals surface area (Å²) < 4.78 is 0. The number of fused-ring (bicyclic) bond motifs is 1. The zero-order valence-electron chi connectivity index (χ0n) is 12.0. The maximum Gasteiger partial charge on any atom is 0.0240 e. The summed E-state index contributed by atoms with van der Waals surface area (Å²) in [5.74, 6) is 0. The number of nitrogens with zero attached hydrogens (tertiary/aromatic N) is 1. The highest BCUT2D eigenvalue weighted by Crippen LogP contribution is 2.29. The third-order valence-corrected chi connectivity index (χ3v) is 3.97. The molecule has 1 unspecified atom stereocenters. The molecule has 1 heterocycles. The maximum atomic E-state index is 3.36. The molecule has 1 aromatic rings. The Hall–Kier alpha value is -0.860. The van der Waals surface area contributed by atoms with E-state index in [4.69, 9.17) is 0 Å². The van der Waals surface area contributed by atoms with E-state index in [0.717, 1.165) is 19.6 Å². The molecular formula is C16H26N2. The highest BCUT2D eigenvalue weighted by molar-refractivity contribution is 5.30. The molecule has 0 spiro atoms. The first-order valence-electron chi connectivity index (χ1n) is 7.10. The van der Waals surface area contributed by atoms with Gasteiger partial charge >= 0.3 is 0 Å². The Kier molecular flexibility index (Phi) is 4.41. The van der Waals surface area contributed by atoms with Crippen LogP contribution in [0.3, 0.4) is 0 Å². The van der Waals surface area contributed by atoms with Gasteiger partial charge in [-0.05, 0) is 30.0 Å². The van der Waals surface area contributed by atoms with Crippen LogP contribution >= 0.6 is 0 Å². The van der Waals surface area contributed by atoms with E-state index in [1.165, 1.54) is 30.5 Å². The summed E-state index contributed by atoms with van der Waals surface area (Å²) in [6, 6.07) is 8.84. The van der Waals surface area contributed by atoms with Crippen LogP contribution in [-0.2, 0) is 13.1 Å². The molecular weight excluding hydrogens is 220 g/mol. The lowest BCUT2D eigenvalue weighted by molar-refractivity contribution is 0.151. The minimum Gasteiger partial charge on any atom is -0.319 e. The second-order valence-electron chi connectivity index (χ2n) is 6.00. The van der Waals surface area contributed by atoms with Crippen LogP contribution in [0.15, 0.2) is 24.3 Å². The quantitative estimate of drug-likeness (QED) is 0.830. The van der Waals surface area contributed by atoms with E-state index in [9.17, 15) is 0 Å². The zero-order valence-corrected chi connectivity index (χ0v) is 12.0. The standard InChI is InChI=1S/C16H26N2/c1-4-9-16(2,12-17-3)13-18-10-14-7-5-6-8-15(14)11-18/h5-8,17H,4,9-13H2,1-3H3. The number of rotatable bonds is 6. The van der Waals surface area contributed by atoms with Crippen molar-refractivity contribution in [2.75, 3.05) is 20.1 Å². The van der Waals surface area contributed by atoms with Gasteiger partial charge in [0.25, 0.3) is 0 Å². The normalized spacial score (nSPS) is 18.6. The molecule has 0 radical (unpaired) electrons. The van der Waals surface area contributed by atoms with Gasteiger partial charge in [-0.2, -0.15) is 0 Å². The largest absolute Gasteiger partial charge is 0.319 e. The van der Waals surface area contributed by atoms with Crippen molar-refractivity contribution in [3.63, 3.8) is 0 Å². The van der Waals surface area contributed by atoms with Crippen molar-refractivity contribution in [2.24, 2.45) is 5.41 Å². The highest BCUT2D eigenvalue weighted by Gasteiger charge is 2.28. The second-order valence-corrected chi connectivity index (χ2v) is 6.00. The van der Waals surface area contributed by atoms with Crippen LogP contribution in [0, 0.1) is 5.41 Å². The average Bonchev–Trinajstić information content (AvgIpc) is 2.70. The van der Waals surface area contributed by atoms with Crippen LogP contribution in [0.5, 0.6) is 0 Å². The maximum absolute atomic E-state index is 3.36. The van der Waals surface area contributed by atoms with E-state index in [0.29, 0.717) is 5.41 Å². The van der Waals surface area contributed by atoms with Crippen LogP contribution in [-0.4, -0.2) is 25.0 Å². The molecule has 1 aromatic carbocycles. The lowest BCUT2D eigenvalue weighted by Gasteiger charge is -2.33. The summed E-state index contributed by atoms with van der Waals surface area (Å²) >= 11 is 0. The monoisotopic (exact) mass is 246 g/mol. The van der Waals surface area contributed by atoms with E-state index in [1.54, 1.807) is 0 Å². The SMILES string of the molecule is CCCC(C)(CNC)CN1Cc2ccccc2C1. The van der Waals surface area contributed by atoms with Crippen molar-refractivity contribution >= 4 is 0 Å². The van der Waals surface area contributed by atoms with Gasteiger partial charge in [-0.25, -0.2) is 0 Å². The van der Waals surface area contributed by atoms with Crippen molar-refractivity contribution in [2.45, 2.75) is 39.8 Å².